The van der Waals surface area contributed by atoms with Crippen LogP contribution in [0, 0.1) is 0 Å². The van der Waals surface area contributed by atoms with E-state index in [4.69, 9.17) is 4.42 Å². The molecule has 1 saturated carbocycles. The normalized spacial score (nSPS) is 15.2. The highest BCUT2D eigenvalue weighted by Gasteiger charge is 2.23. The molecule has 1 fully saturated rings. The van der Waals surface area contributed by atoms with E-state index < -0.39 is 0 Å². The first-order chi connectivity index (χ1) is 14.3. The van der Waals surface area contributed by atoms with E-state index in [-0.39, 0.29) is 5.91 Å². The number of thioether (sulfide) groups is 1. The smallest absolute Gasteiger partial charge is 0.294 e. The average molecular weight is 407 g/mol. The summed E-state index contributed by atoms with van der Waals surface area (Å²) in [5.74, 6) is 1.23. The summed E-state index contributed by atoms with van der Waals surface area (Å²) in [5, 5.41) is 12.7. The molecule has 0 aliphatic heterocycles. The first kappa shape index (κ1) is 18.2. The number of carbonyl (C=O) groups is 1. The lowest BCUT2D eigenvalue weighted by molar-refractivity contribution is 0.0997. The predicted octanol–water partition coefficient (Wildman–Crippen LogP) is 5.29. The van der Waals surface area contributed by atoms with Crippen LogP contribution in [-0.2, 0) is 5.75 Å². The Labute approximate surface area is 172 Å². The fourth-order valence-corrected chi connectivity index (χ4v) is 5.30. The number of hydrogen-bond acceptors (Lipinski definition) is 5. The Balaban J connectivity index is 1.44. The van der Waals surface area contributed by atoms with Crippen molar-refractivity contribution in [3.8, 4) is 0 Å². The number of fused-ring (bicyclic) bond motifs is 2. The molecule has 0 unspecified atom stereocenters. The van der Waals surface area contributed by atoms with Crippen LogP contribution >= 0.6 is 11.8 Å². The highest BCUT2D eigenvalue weighted by atomic mass is 32.2. The molecule has 5 rings (SSSR count). The van der Waals surface area contributed by atoms with E-state index in [2.05, 4.69) is 15.5 Å². The lowest BCUT2D eigenvalue weighted by Gasteiger charge is -2.20. The Morgan fingerprint density at radius 1 is 1.10 bits per heavy atom. The number of pyridine rings is 1. The van der Waals surface area contributed by atoms with Crippen LogP contribution in [0.1, 0.15) is 48.2 Å². The molecule has 1 aliphatic carbocycles. The third-order valence-corrected chi connectivity index (χ3v) is 6.86. The van der Waals surface area contributed by atoms with Gasteiger partial charge in [0.15, 0.2) is 11.4 Å². The third kappa shape index (κ3) is 3.62. The number of nitrogens with one attached hydrogen (secondary N) is 1. The highest BCUT2D eigenvalue weighted by Crippen LogP contribution is 2.35. The lowest BCUT2D eigenvalue weighted by Crippen LogP contribution is -2.15. The maximum absolute atomic E-state index is 13.1. The summed E-state index contributed by atoms with van der Waals surface area (Å²) in [7, 11) is 0. The summed E-state index contributed by atoms with van der Waals surface area (Å²) in [6.07, 6.45) is 8.28. The summed E-state index contributed by atoms with van der Waals surface area (Å²) >= 11 is 1.94. The van der Waals surface area contributed by atoms with Crippen LogP contribution in [0.3, 0.4) is 0 Å². The average Bonchev–Trinajstić information content (AvgIpc) is 3.35. The Morgan fingerprint density at radius 3 is 2.83 bits per heavy atom. The van der Waals surface area contributed by atoms with Crippen LogP contribution in [0.4, 0.5) is 5.95 Å². The molecule has 148 valence electrons. The maximum Gasteiger partial charge on any atom is 0.294 e. The maximum atomic E-state index is 13.1. The molecule has 0 bridgehead atoms. The van der Waals surface area contributed by atoms with Crippen molar-refractivity contribution >= 4 is 40.2 Å². The van der Waals surface area contributed by atoms with Crippen LogP contribution in [0.15, 0.2) is 53.1 Å². The van der Waals surface area contributed by atoms with Crippen molar-refractivity contribution in [3.05, 3.63) is 60.0 Å². The first-order valence-corrected chi connectivity index (χ1v) is 11.1. The van der Waals surface area contributed by atoms with Crippen molar-refractivity contribution in [2.75, 3.05) is 5.32 Å². The van der Waals surface area contributed by atoms with E-state index in [1.165, 1.54) is 32.1 Å². The Morgan fingerprint density at radius 2 is 1.93 bits per heavy atom. The molecule has 1 N–H and O–H groups in total. The van der Waals surface area contributed by atoms with E-state index in [1.807, 2.05) is 60.4 Å². The van der Waals surface area contributed by atoms with Crippen LogP contribution in [-0.4, -0.2) is 25.8 Å². The van der Waals surface area contributed by atoms with Crippen molar-refractivity contribution in [1.82, 2.24) is 14.6 Å². The van der Waals surface area contributed by atoms with E-state index >= 15 is 0 Å². The fourth-order valence-electron chi connectivity index (χ4n) is 3.94. The molecule has 6 nitrogen and oxygen atoms in total. The Hall–Kier alpha value is -2.80. The second-order valence-electron chi connectivity index (χ2n) is 7.38. The van der Waals surface area contributed by atoms with Gasteiger partial charge >= 0.3 is 0 Å². The van der Waals surface area contributed by atoms with Gasteiger partial charge in [-0.05, 0) is 31.0 Å². The second kappa shape index (κ2) is 7.91. The molecule has 29 heavy (non-hydrogen) atoms. The van der Waals surface area contributed by atoms with E-state index in [0.29, 0.717) is 22.6 Å². The zero-order chi connectivity index (χ0) is 19.6. The van der Waals surface area contributed by atoms with Gasteiger partial charge in [-0.15, -0.1) is 10.2 Å². The van der Waals surface area contributed by atoms with Crippen molar-refractivity contribution in [2.45, 2.75) is 43.1 Å². The van der Waals surface area contributed by atoms with Crippen molar-refractivity contribution < 1.29 is 9.21 Å². The SMILES string of the molecule is O=C(Nc1nnc2ccccn12)c1oc2ccccc2c1CSC1CCCCC1. The van der Waals surface area contributed by atoms with Crippen molar-refractivity contribution in [2.24, 2.45) is 0 Å². The zero-order valence-corrected chi connectivity index (χ0v) is 16.8. The Bertz CT molecular complexity index is 1160. The summed E-state index contributed by atoms with van der Waals surface area (Å²) < 4.78 is 7.73. The summed E-state index contributed by atoms with van der Waals surface area (Å²) in [4.78, 5) is 13.1. The Kier molecular flexibility index (Phi) is 4.97. The molecular formula is C22H22N4O2S. The molecular weight excluding hydrogens is 384 g/mol. The van der Waals surface area contributed by atoms with Crippen LogP contribution < -0.4 is 5.32 Å². The van der Waals surface area contributed by atoms with Gasteiger partial charge in [-0.1, -0.05) is 43.5 Å². The number of hydrogen-bond donors (Lipinski definition) is 1. The quantitative estimate of drug-likeness (QED) is 0.487. The van der Waals surface area contributed by atoms with Crippen molar-refractivity contribution in [3.63, 3.8) is 0 Å². The molecule has 0 saturated heterocycles. The van der Waals surface area contributed by atoms with E-state index in [9.17, 15) is 4.79 Å². The molecule has 4 aromatic rings. The van der Waals surface area contributed by atoms with Crippen LogP contribution in [0.25, 0.3) is 16.6 Å². The highest BCUT2D eigenvalue weighted by molar-refractivity contribution is 7.99. The van der Waals surface area contributed by atoms with Gasteiger partial charge in [0.25, 0.3) is 5.91 Å². The number of furan rings is 1. The van der Waals surface area contributed by atoms with Crippen LogP contribution in [0.2, 0.25) is 0 Å². The molecule has 1 aliphatic rings. The minimum Gasteiger partial charge on any atom is -0.451 e. The van der Waals surface area contributed by atoms with Crippen molar-refractivity contribution in [1.29, 1.82) is 0 Å². The zero-order valence-electron chi connectivity index (χ0n) is 16.0. The van der Waals surface area contributed by atoms with Gasteiger partial charge in [-0.3, -0.25) is 14.5 Å². The number of amides is 1. The number of anilines is 1. The van der Waals surface area contributed by atoms with Gasteiger partial charge < -0.3 is 4.42 Å². The van der Waals surface area contributed by atoms with Gasteiger partial charge in [0.05, 0.1) is 0 Å². The van der Waals surface area contributed by atoms with Gasteiger partial charge in [-0.25, -0.2) is 0 Å². The molecule has 0 atom stereocenters. The third-order valence-electron chi connectivity index (χ3n) is 5.46. The molecule has 1 amide bonds. The second-order valence-corrected chi connectivity index (χ2v) is 8.67. The summed E-state index contributed by atoms with van der Waals surface area (Å²) in [6.45, 7) is 0. The number of carbonyl (C=O) groups excluding carboxylic acids is 1. The largest absolute Gasteiger partial charge is 0.451 e. The number of rotatable bonds is 5. The van der Waals surface area contributed by atoms with Gasteiger partial charge in [0.2, 0.25) is 5.95 Å². The lowest BCUT2D eigenvalue weighted by atomic mass is 10.0. The van der Waals surface area contributed by atoms with Crippen LogP contribution in [0.5, 0.6) is 0 Å². The van der Waals surface area contributed by atoms with Gasteiger partial charge in [-0.2, -0.15) is 11.8 Å². The molecule has 0 radical (unpaired) electrons. The topological polar surface area (TPSA) is 72.4 Å². The molecule has 0 spiro atoms. The molecule has 7 heteroatoms. The summed E-state index contributed by atoms with van der Waals surface area (Å²) in [5.41, 5.74) is 2.38. The molecule has 3 heterocycles. The van der Waals surface area contributed by atoms with E-state index in [0.717, 1.165) is 22.3 Å². The van der Waals surface area contributed by atoms with Gasteiger partial charge in [0, 0.05) is 28.1 Å². The molecule has 1 aromatic carbocycles. The number of aromatic nitrogens is 3. The minimum atomic E-state index is -0.293. The number of para-hydroxylation sites is 1. The molecule has 3 aromatic heterocycles. The predicted molar refractivity (Wildman–Crippen MR) is 115 cm³/mol. The summed E-state index contributed by atoms with van der Waals surface area (Å²) in [6, 6.07) is 13.5. The number of nitrogens with zero attached hydrogens (tertiary/aromatic N) is 3. The monoisotopic (exact) mass is 406 g/mol. The van der Waals surface area contributed by atoms with E-state index in [1.54, 1.807) is 4.40 Å². The standard InChI is InChI=1S/C22H22N4O2S/c27-21(23-22-25-24-19-12-6-7-13-26(19)22)20-17(14-29-15-8-2-1-3-9-15)16-10-4-5-11-18(16)28-20/h4-7,10-13,15H,1-3,8-9,14H2,(H,23,25,27). The fraction of sp³-hybridized carbons (Fsp3) is 0.318. The minimum absolute atomic E-state index is 0.293. The number of benzene rings is 1. The first-order valence-electron chi connectivity index (χ1n) is 10.0. The van der Waals surface area contributed by atoms with Gasteiger partial charge in [0.1, 0.15) is 5.58 Å².